The van der Waals surface area contributed by atoms with E-state index < -0.39 is 5.82 Å². The summed E-state index contributed by atoms with van der Waals surface area (Å²) in [6.07, 6.45) is 0.903. The average Bonchev–Trinajstić information content (AvgIpc) is 2.62. The number of hydrogen-bond acceptors (Lipinski definition) is 3. The molecule has 19 heavy (non-hydrogen) atoms. The van der Waals surface area contributed by atoms with Crippen molar-refractivity contribution >= 4 is 28.8 Å². The highest BCUT2D eigenvalue weighted by Gasteiger charge is 2.15. The van der Waals surface area contributed by atoms with E-state index in [0.29, 0.717) is 28.8 Å². The number of hydrogen-bond donors (Lipinski definition) is 2. The lowest BCUT2D eigenvalue weighted by molar-refractivity contribution is 0.603. The lowest BCUT2D eigenvalue weighted by Crippen LogP contribution is -2.06. The van der Waals surface area contributed by atoms with Crippen LogP contribution in [-0.2, 0) is 6.54 Å². The molecule has 2 aromatic rings. The fourth-order valence-electron chi connectivity index (χ4n) is 1.84. The topological polar surface area (TPSA) is 55.9 Å². The molecule has 0 bridgehead atoms. The van der Waals surface area contributed by atoms with Gasteiger partial charge >= 0.3 is 0 Å². The van der Waals surface area contributed by atoms with Gasteiger partial charge in [0, 0.05) is 6.54 Å². The zero-order chi connectivity index (χ0) is 14.0. The summed E-state index contributed by atoms with van der Waals surface area (Å²) in [6.45, 7) is 4.55. The van der Waals surface area contributed by atoms with E-state index in [-0.39, 0.29) is 5.69 Å². The molecule has 102 valence electrons. The zero-order valence-electron chi connectivity index (χ0n) is 10.9. The van der Waals surface area contributed by atoms with Gasteiger partial charge in [0.2, 0.25) is 0 Å². The molecule has 2 rings (SSSR count). The van der Waals surface area contributed by atoms with Gasteiger partial charge in [0.1, 0.15) is 5.82 Å². The Morgan fingerprint density at radius 2 is 2.21 bits per heavy atom. The monoisotopic (exact) mass is 282 g/mol. The fraction of sp³-hybridized carbons (Fsp3) is 0.308. The van der Waals surface area contributed by atoms with Crippen LogP contribution in [0.2, 0.25) is 5.02 Å². The van der Waals surface area contributed by atoms with Crippen molar-refractivity contribution in [3.8, 4) is 0 Å². The van der Waals surface area contributed by atoms with Crippen molar-refractivity contribution in [3.63, 3.8) is 0 Å². The number of benzene rings is 1. The van der Waals surface area contributed by atoms with E-state index in [1.165, 1.54) is 6.07 Å². The van der Waals surface area contributed by atoms with Crippen LogP contribution in [0.25, 0.3) is 0 Å². The molecule has 0 saturated heterocycles. The number of para-hydroxylation sites is 1. The van der Waals surface area contributed by atoms with E-state index >= 15 is 0 Å². The molecule has 6 heteroatoms. The van der Waals surface area contributed by atoms with Crippen molar-refractivity contribution in [1.82, 2.24) is 9.78 Å². The number of nitrogens with one attached hydrogen (secondary N) is 1. The summed E-state index contributed by atoms with van der Waals surface area (Å²) in [6, 6.07) is 4.52. The second kappa shape index (κ2) is 5.48. The normalized spacial score (nSPS) is 10.7. The first kappa shape index (κ1) is 13.7. The van der Waals surface area contributed by atoms with Crippen LogP contribution in [-0.4, -0.2) is 9.78 Å². The van der Waals surface area contributed by atoms with E-state index in [9.17, 15) is 4.39 Å². The molecular weight excluding hydrogens is 267 g/mol. The van der Waals surface area contributed by atoms with Gasteiger partial charge in [0.05, 0.1) is 22.1 Å². The third-order valence-corrected chi connectivity index (χ3v) is 3.13. The van der Waals surface area contributed by atoms with Crippen LogP contribution in [0.5, 0.6) is 0 Å². The van der Waals surface area contributed by atoms with E-state index in [2.05, 4.69) is 10.4 Å². The standard InChI is InChI=1S/C13H16ClFN4/c1-3-7-19-13(11(16)8(2)18-19)17-12-9(14)5-4-6-10(12)15/h4-6,17H,3,7,16H2,1-2H3. The molecule has 3 N–H and O–H groups in total. The minimum Gasteiger partial charge on any atom is -0.394 e. The quantitative estimate of drug-likeness (QED) is 0.898. The summed E-state index contributed by atoms with van der Waals surface area (Å²) < 4.78 is 15.5. The highest BCUT2D eigenvalue weighted by atomic mass is 35.5. The SMILES string of the molecule is CCCn1nc(C)c(N)c1Nc1c(F)cccc1Cl. The van der Waals surface area contributed by atoms with E-state index in [4.69, 9.17) is 17.3 Å². The minimum absolute atomic E-state index is 0.216. The summed E-state index contributed by atoms with van der Waals surface area (Å²) in [7, 11) is 0. The maximum absolute atomic E-state index is 13.8. The number of aromatic nitrogens is 2. The Morgan fingerprint density at radius 3 is 2.84 bits per heavy atom. The predicted octanol–water partition coefficient (Wildman–Crippen LogP) is 3.72. The summed E-state index contributed by atoms with van der Waals surface area (Å²) in [4.78, 5) is 0. The summed E-state index contributed by atoms with van der Waals surface area (Å²) in [5.74, 6) is 0.153. The molecule has 0 aliphatic carbocycles. The van der Waals surface area contributed by atoms with Gasteiger partial charge in [-0.2, -0.15) is 5.10 Å². The number of nitrogen functional groups attached to an aromatic ring is 1. The molecule has 0 spiro atoms. The molecule has 4 nitrogen and oxygen atoms in total. The Morgan fingerprint density at radius 1 is 1.47 bits per heavy atom. The Bertz CT molecular complexity index is 574. The van der Waals surface area contributed by atoms with Gasteiger partial charge in [-0.05, 0) is 25.5 Å². The zero-order valence-corrected chi connectivity index (χ0v) is 11.6. The highest BCUT2D eigenvalue weighted by molar-refractivity contribution is 6.33. The van der Waals surface area contributed by atoms with Gasteiger partial charge in [-0.3, -0.25) is 0 Å². The van der Waals surface area contributed by atoms with Crippen LogP contribution in [0, 0.1) is 12.7 Å². The van der Waals surface area contributed by atoms with Crippen LogP contribution in [0.3, 0.4) is 0 Å². The Balaban J connectivity index is 2.43. The van der Waals surface area contributed by atoms with Crippen molar-refractivity contribution < 1.29 is 4.39 Å². The third kappa shape index (κ3) is 2.66. The Kier molecular flexibility index (Phi) is 3.95. The van der Waals surface area contributed by atoms with Gasteiger partial charge in [-0.15, -0.1) is 0 Å². The number of rotatable bonds is 4. The maximum atomic E-state index is 13.8. The molecule has 0 amide bonds. The van der Waals surface area contributed by atoms with Crippen LogP contribution >= 0.6 is 11.6 Å². The van der Waals surface area contributed by atoms with Crippen LogP contribution in [0.1, 0.15) is 19.0 Å². The molecule has 0 aliphatic rings. The van der Waals surface area contributed by atoms with Gasteiger partial charge in [0.15, 0.2) is 5.82 Å². The molecule has 1 aromatic heterocycles. The van der Waals surface area contributed by atoms with Gasteiger partial charge in [-0.1, -0.05) is 24.6 Å². The molecule has 0 radical (unpaired) electrons. The van der Waals surface area contributed by atoms with Crippen molar-refractivity contribution in [2.24, 2.45) is 0 Å². The smallest absolute Gasteiger partial charge is 0.152 e. The van der Waals surface area contributed by atoms with E-state index in [1.807, 2.05) is 13.8 Å². The second-order valence-electron chi connectivity index (χ2n) is 4.29. The largest absolute Gasteiger partial charge is 0.394 e. The Labute approximate surface area is 116 Å². The lowest BCUT2D eigenvalue weighted by atomic mass is 10.3. The maximum Gasteiger partial charge on any atom is 0.152 e. The van der Waals surface area contributed by atoms with E-state index in [1.54, 1.807) is 16.8 Å². The number of nitrogens with zero attached hydrogens (tertiary/aromatic N) is 2. The number of anilines is 3. The van der Waals surface area contributed by atoms with Crippen LogP contribution in [0.4, 0.5) is 21.6 Å². The first-order valence-electron chi connectivity index (χ1n) is 6.08. The summed E-state index contributed by atoms with van der Waals surface area (Å²) in [5, 5.41) is 7.58. The molecule has 0 aliphatic heterocycles. The molecule has 0 unspecified atom stereocenters. The average molecular weight is 283 g/mol. The molecule has 0 atom stereocenters. The van der Waals surface area contributed by atoms with Crippen molar-refractivity contribution in [3.05, 3.63) is 34.7 Å². The molecule has 0 fully saturated rings. The first-order chi connectivity index (χ1) is 9.04. The lowest BCUT2D eigenvalue weighted by Gasteiger charge is -2.12. The number of nitrogens with two attached hydrogens (primary N) is 1. The molecule has 1 aromatic carbocycles. The Hall–Kier alpha value is -1.75. The van der Waals surface area contributed by atoms with E-state index in [0.717, 1.165) is 6.42 Å². The number of aryl methyl sites for hydroxylation is 2. The van der Waals surface area contributed by atoms with Crippen LogP contribution < -0.4 is 11.1 Å². The summed E-state index contributed by atoms with van der Waals surface area (Å²) in [5.41, 5.74) is 7.40. The van der Waals surface area contributed by atoms with Crippen LogP contribution in [0.15, 0.2) is 18.2 Å². The highest BCUT2D eigenvalue weighted by Crippen LogP contribution is 2.32. The predicted molar refractivity (Wildman–Crippen MR) is 76.4 cm³/mol. The van der Waals surface area contributed by atoms with Gasteiger partial charge in [0.25, 0.3) is 0 Å². The fourth-order valence-corrected chi connectivity index (χ4v) is 2.05. The molecule has 1 heterocycles. The number of halogens is 2. The second-order valence-corrected chi connectivity index (χ2v) is 4.70. The van der Waals surface area contributed by atoms with Gasteiger partial charge < -0.3 is 11.1 Å². The summed E-state index contributed by atoms with van der Waals surface area (Å²) >= 11 is 5.99. The van der Waals surface area contributed by atoms with Crippen molar-refractivity contribution in [2.75, 3.05) is 11.1 Å². The van der Waals surface area contributed by atoms with Crippen molar-refractivity contribution in [1.29, 1.82) is 0 Å². The third-order valence-electron chi connectivity index (χ3n) is 2.82. The van der Waals surface area contributed by atoms with Gasteiger partial charge in [-0.25, -0.2) is 9.07 Å². The van der Waals surface area contributed by atoms with Crippen molar-refractivity contribution in [2.45, 2.75) is 26.8 Å². The first-order valence-corrected chi connectivity index (χ1v) is 6.46. The minimum atomic E-state index is -0.422. The molecular formula is C13H16ClFN4. The molecule has 0 saturated carbocycles.